The first kappa shape index (κ1) is 25.0. The second-order valence-electron chi connectivity index (χ2n) is 10.5. The quantitative estimate of drug-likeness (QED) is 0.206. The molecule has 176 valence electrons. The van der Waals surface area contributed by atoms with Crippen LogP contribution in [0, 0.1) is 42.3 Å². The van der Waals surface area contributed by atoms with Gasteiger partial charge in [0, 0.05) is 12.3 Å². The molecule has 5 unspecified atom stereocenters. The Kier molecular flexibility index (Phi) is 11.7. The lowest BCUT2D eigenvalue weighted by Crippen LogP contribution is -2.26. The zero-order valence-corrected chi connectivity index (χ0v) is 20.0. The standard InChI is InChI=1S/C28H47NO2/c1-2-3-4-5-6-7-9-13-23(22-29)14-10-8-11-17-28-30-26-20-21-27(31-28)25-16-12-15-24(26)18-19-25/h23-27H,1-21H2. The fraction of sp³-hybridized carbons (Fsp3) is 0.893. The first-order valence-corrected chi connectivity index (χ1v) is 13.7. The molecule has 0 aromatic carbocycles. The average molecular weight is 430 g/mol. The van der Waals surface area contributed by atoms with Crippen molar-refractivity contribution in [3.8, 4) is 6.07 Å². The molecule has 1 saturated heterocycles. The monoisotopic (exact) mass is 429 g/mol. The Morgan fingerprint density at radius 2 is 1.29 bits per heavy atom. The van der Waals surface area contributed by atoms with E-state index in [1.54, 1.807) is 0 Å². The van der Waals surface area contributed by atoms with Gasteiger partial charge in [0.1, 0.15) is 0 Å². The van der Waals surface area contributed by atoms with E-state index in [4.69, 9.17) is 9.47 Å². The lowest BCUT2D eigenvalue weighted by atomic mass is 9.84. The molecule has 0 spiro atoms. The highest BCUT2D eigenvalue weighted by molar-refractivity contribution is 4.90. The molecule has 4 bridgehead atoms. The third-order valence-electron chi connectivity index (χ3n) is 8.08. The molecule has 0 aromatic heterocycles. The average Bonchev–Trinajstić information content (AvgIpc) is 3.10. The summed E-state index contributed by atoms with van der Waals surface area (Å²) in [5.74, 6) is 1.76. The van der Waals surface area contributed by atoms with E-state index < -0.39 is 0 Å². The van der Waals surface area contributed by atoms with E-state index in [9.17, 15) is 5.26 Å². The van der Waals surface area contributed by atoms with Gasteiger partial charge in [0.2, 0.25) is 6.29 Å². The van der Waals surface area contributed by atoms with E-state index in [2.05, 4.69) is 13.0 Å². The van der Waals surface area contributed by atoms with Crippen LogP contribution in [0.4, 0.5) is 0 Å². The zero-order valence-electron chi connectivity index (χ0n) is 20.0. The van der Waals surface area contributed by atoms with Crippen LogP contribution >= 0.6 is 0 Å². The molecule has 1 aliphatic heterocycles. The second kappa shape index (κ2) is 14.5. The zero-order chi connectivity index (χ0) is 21.7. The SMILES string of the molecule is [CH2]CCCCCCCCC(C#N)CCCCC[C]1OC2CCC(O1)C1CCCC2CC1. The van der Waals surface area contributed by atoms with Crippen molar-refractivity contribution in [2.45, 2.75) is 141 Å². The fourth-order valence-electron chi connectivity index (χ4n) is 6.08. The summed E-state index contributed by atoms with van der Waals surface area (Å²) >= 11 is 0. The summed E-state index contributed by atoms with van der Waals surface area (Å²) in [7, 11) is 0. The van der Waals surface area contributed by atoms with E-state index >= 15 is 0 Å². The van der Waals surface area contributed by atoms with Gasteiger partial charge in [-0.3, -0.25) is 0 Å². The van der Waals surface area contributed by atoms with E-state index in [0.717, 1.165) is 56.7 Å². The van der Waals surface area contributed by atoms with Crippen LogP contribution in [-0.2, 0) is 9.47 Å². The third-order valence-corrected chi connectivity index (χ3v) is 8.08. The summed E-state index contributed by atoms with van der Waals surface area (Å²) < 4.78 is 12.9. The van der Waals surface area contributed by atoms with E-state index in [0.29, 0.717) is 12.2 Å². The van der Waals surface area contributed by atoms with Crippen molar-refractivity contribution in [1.82, 2.24) is 0 Å². The van der Waals surface area contributed by atoms with Crippen LogP contribution in [0.1, 0.15) is 128 Å². The van der Waals surface area contributed by atoms with Crippen molar-refractivity contribution >= 4 is 0 Å². The number of hydrogen-bond acceptors (Lipinski definition) is 3. The lowest BCUT2D eigenvalue weighted by molar-refractivity contribution is -0.110. The molecule has 1 heterocycles. The molecule has 0 N–H and O–H groups in total. The summed E-state index contributed by atoms with van der Waals surface area (Å²) in [6, 6.07) is 2.56. The minimum Gasteiger partial charge on any atom is -0.342 e. The second-order valence-corrected chi connectivity index (χ2v) is 10.5. The normalized spacial score (nSPS) is 29.7. The van der Waals surface area contributed by atoms with Crippen molar-refractivity contribution in [3.05, 3.63) is 13.2 Å². The number of rotatable bonds is 14. The Hall–Kier alpha value is -0.590. The number of nitriles is 1. The minimum absolute atomic E-state index is 0.250. The molecule has 2 radical (unpaired) electrons. The summed E-state index contributed by atoms with van der Waals surface area (Å²) in [6.45, 7) is 3.90. The Morgan fingerprint density at radius 3 is 1.87 bits per heavy atom. The number of fused-ring (bicyclic) bond motifs is 8. The van der Waals surface area contributed by atoms with Crippen LogP contribution in [0.15, 0.2) is 0 Å². The number of nitrogens with zero attached hydrogens (tertiary/aromatic N) is 1. The molecule has 0 aromatic rings. The highest BCUT2D eigenvalue weighted by Crippen LogP contribution is 2.43. The number of unbranched alkanes of at least 4 members (excludes halogenated alkanes) is 8. The first-order valence-electron chi connectivity index (χ1n) is 13.7. The fourth-order valence-corrected chi connectivity index (χ4v) is 6.08. The Morgan fingerprint density at radius 1 is 0.742 bits per heavy atom. The van der Waals surface area contributed by atoms with Crippen molar-refractivity contribution in [3.63, 3.8) is 0 Å². The highest BCUT2D eigenvalue weighted by atomic mass is 16.7. The van der Waals surface area contributed by atoms with Crippen molar-refractivity contribution < 1.29 is 9.47 Å². The number of ether oxygens (including phenoxy) is 2. The van der Waals surface area contributed by atoms with Crippen molar-refractivity contribution in [1.29, 1.82) is 5.26 Å². The third kappa shape index (κ3) is 8.70. The molecule has 2 saturated carbocycles. The first-order chi connectivity index (χ1) is 15.3. The maximum atomic E-state index is 9.49. The minimum atomic E-state index is 0.250. The largest absolute Gasteiger partial charge is 0.342 e. The molecule has 3 nitrogen and oxygen atoms in total. The molecule has 3 fully saturated rings. The Labute approximate surface area is 192 Å². The van der Waals surface area contributed by atoms with E-state index in [-0.39, 0.29) is 5.92 Å². The molecule has 2 aliphatic carbocycles. The van der Waals surface area contributed by atoms with Crippen molar-refractivity contribution in [2.75, 3.05) is 0 Å². The van der Waals surface area contributed by atoms with Gasteiger partial charge in [0.05, 0.1) is 18.3 Å². The van der Waals surface area contributed by atoms with Crippen LogP contribution in [0.3, 0.4) is 0 Å². The van der Waals surface area contributed by atoms with Gasteiger partial charge in [-0.2, -0.15) is 5.26 Å². The summed E-state index contributed by atoms with van der Waals surface area (Å²) in [6.07, 6.45) is 26.3. The summed E-state index contributed by atoms with van der Waals surface area (Å²) in [5, 5.41) is 9.49. The lowest BCUT2D eigenvalue weighted by Gasteiger charge is -2.27. The van der Waals surface area contributed by atoms with Crippen LogP contribution in [0.2, 0.25) is 0 Å². The van der Waals surface area contributed by atoms with E-state index in [1.807, 2.05) is 0 Å². The van der Waals surface area contributed by atoms with Gasteiger partial charge >= 0.3 is 0 Å². The summed E-state index contributed by atoms with van der Waals surface area (Å²) in [4.78, 5) is 0. The van der Waals surface area contributed by atoms with E-state index in [1.165, 1.54) is 89.9 Å². The van der Waals surface area contributed by atoms with Gasteiger partial charge in [-0.1, -0.05) is 71.1 Å². The predicted molar refractivity (Wildman–Crippen MR) is 127 cm³/mol. The van der Waals surface area contributed by atoms with Gasteiger partial charge < -0.3 is 9.47 Å². The molecule has 3 rings (SSSR count). The molecular formula is C28H47NO2. The van der Waals surface area contributed by atoms with Gasteiger partial charge in [0.15, 0.2) is 0 Å². The maximum absolute atomic E-state index is 9.49. The molecule has 0 amide bonds. The smallest absolute Gasteiger partial charge is 0.224 e. The maximum Gasteiger partial charge on any atom is 0.224 e. The van der Waals surface area contributed by atoms with Gasteiger partial charge in [-0.15, -0.1) is 0 Å². The Bertz CT molecular complexity index is 494. The van der Waals surface area contributed by atoms with Gasteiger partial charge in [0.25, 0.3) is 0 Å². The van der Waals surface area contributed by atoms with Crippen LogP contribution < -0.4 is 0 Å². The highest BCUT2D eigenvalue weighted by Gasteiger charge is 2.39. The molecular weight excluding hydrogens is 382 g/mol. The van der Waals surface area contributed by atoms with Gasteiger partial charge in [-0.05, 0) is 69.6 Å². The summed E-state index contributed by atoms with van der Waals surface area (Å²) in [5.41, 5.74) is 0. The molecule has 3 aliphatic rings. The predicted octanol–water partition coefficient (Wildman–Crippen LogP) is 8.30. The van der Waals surface area contributed by atoms with Crippen LogP contribution in [0.25, 0.3) is 0 Å². The van der Waals surface area contributed by atoms with Crippen LogP contribution in [-0.4, -0.2) is 12.2 Å². The molecule has 3 heteroatoms. The van der Waals surface area contributed by atoms with Gasteiger partial charge in [-0.25, -0.2) is 0 Å². The number of hydrogen-bond donors (Lipinski definition) is 0. The van der Waals surface area contributed by atoms with Crippen LogP contribution in [0.5, 0.6) is 0 Å². The molecule has 31 heavy (non-hydrogen) atoms. The topological polar surface area (TPSA) is 42.2 Å². The Balaban J connectivity index is 1.27. The molecule has 5 atom stereocenters. The van der Waals surface area contributed by atoms with Crippen molar-refractivity contribution in [2.24, 2.45) is 17.8 Å².